The Morgan fingerprint density at radius 3 is 2.42 bits per heavy atom. The number of ether oxygens (including phenoxy) is 3. The van der Waals surface area contributed by atoms with Crippen molar-refractivity contribution in [3.05, 3.63) is 52.1 Å². The van der Waals surface area contributed by atoms with Crippen molar-refractivity contribution < 1.29 is 53.5 Å². The molecule has 290 valence electrons. The topological polar surface area (TPSA) is 201 Å². The number of aliphatic hydroxyl groups is 2. The Labute approximate surface area is 306 Å². The van der Waals surface area contributed by atoms with Gasteiger partial charge in [-0.25, -0.2) is 9.59 Å². The highest BCUT2D eigenvalue weighted by Crippen LogP contribution is 2.38. The lowest BCUT2D eigenvalue weighted by atomic mass is 9.86. The molecule has 1 fully saturated rings. The van der Waals surface area contributed by atoms with Crippen LogP contribution in [0.15, 0.2) is 36.4 Å². The van der Waals surface area contributed by atoms with Crippen LogP contribution in [0.2, 0.25) is 0 Å². The van der Waals surface area contributed by atoms with Crippen LogP contribution in [0.5, 0.6) is 11.5 Å². The van der Waals surface area contributed by atoms with Crippen molar-refractivity contribution in [2.45, 2.75) is 115 Å². The lowest BCUT2D eigenvalue weighted by Gasteiger charge is -2.22. The van der Waals surface area contributed by atoms with Crippen molar-refractivity contribution in [1.82, 2.24) is 5.32 Å². The molecule has 52 heavy (non-hydrogen) atoms. The standard InChI is InChI=1S/C38H56N2O12/c1-3-4-5-6-9-14-29(41)19-20-31-30(32(42)26-33(31)43)15-10-7-8-11-16-36(44)39-27-38(46)52-34-21-17-28(25-35(34)49-2)18-22-37(45)50-23-12-13-24-51-40(47)48/h7,10,17-18,21-22,25,30-33,42-43H,3-6,8-9,11-16,19-20,23-24,26-27H2,1-2H3,(H,39,44)/b10-7-,22-18+/t30-,31-,32+,33-/m1/s1. The van der Waals surface area contributed by atoms with E-state index in [1.165, 1.54) is 38.2 Å². The van der Waals surface area contributed by atoms with E-state index in [1.54, 1.807) is 12.1 Å². The summed E-state index contributed by atoms with van der Waals surface area (Å²) in [6.45, 7) is 1.83. The zero-order chi connectivity index (χ0) is 38.1. The summed E-state index contributed by atoms with van der Waals surface area (Å²) < 4.78 is 15.7. The van der Waals surface area contributed by atoms with Crippen molar-refractivity contribution in [2.24, 2.45) is 11.8 Å². The molecule has 14 heteroatoms. The Kier molecular flexibility index (Phi) is 21.6. The molecule has 1 aliphatic rings. The number of Topliss-reactive ketones (excluding diaryl/α,β-unsaturated/α-hetero) is 1. The van der Waals surface area contributed by atoms with Crippen LogP contribution in [0.4, 0.5) is 0 Å². The van der Waals surface area contributed by atoms with Crippen molar-refractivity contribution >= 4 is 29.7 Å². The van der Waals surface area contributed by atoms with Crippen molar-refractivity contribution in [3.8, 4) is 11.5 Å². The monoisotopic (exact) mass is 732 g/mol. The largest absolute Gasteiger partial charge is 0.493 e. The normalized spacial score (nSPS) is 18.4. The number of allylic oxidation sites excluding steroid dienone is 2. The highest BCUT2D eigenvalue weighted by molar-refractivity contribution is 5.87. The zero-order valence-electron chi connectivity index (χ0n) is 30.5. The molecule has 0 aliphatic heterocycles. The Morgan fingerprint density at radius 1 is 0.923 bits per heavy atom. The van der Waals surface area contributed by atoms with E-state index in [9.17, 15) is 39.5 Å². The number of rotatable bonds is 27. The first kappa shape index (κ1) is 43.9. The van der Waals surface area contributed by atoms with E-state index in [4.69, 9.17) is 14.2 Å². The molecule has 2 rings (SSSR count). The molecule has 0 bridgehead atoms. The molecule has 0 saturated heterocycles. The third kappa shape index (κ3) is 18.3. The van der Waals surface area contributed by atoms with Crippen LogP contribution < -0.4 is 14.8 Å². The summed E-state index contributed by atoms with van der Waals surface area (Å²) in [5, 5.41) is 32.8. The van der Waals surface area contributed by atoms with E-state index >= 15 is 0 Å². The summed E-state index contributed by atoms with van der Waals surface area (Å²) in [5.74, 6) is -1.23. The van der Waals surface area contributed by atoms with Crippen molar-refractivity contribution in [1.29, 1.82) is 0 Å². The molecule has 1 aromatic rings. The van der Waals surface area contributed by atoms with Crippen molar-refractivity contribution in [3.63, 3.8) is 0 Å². The van der Waals surface area contributed by atoms with Crippen LogP contribution in [-0.4, -0.2) is 78.0 Å². The molecule has 0 radical (unpaired) electrons. The second-order valence-corrected chi connectivity index (χ2v) is 13.0. The predicted molar refractivity (Wildman–Crippen MR) is 193 cm³/mol. The summed E-state index contributed by atoms with van der Waals surface area (Å²) in [6, 6.07) is 4.65. The minimum absolute atomic E-state index is 0.0732. The number of carbonyl (C=O) groups excluding carboxylic acids is 4. The van der Waals surface area contributed by atoms with Gasteiger partial charge in [0.25, 0.3) is 5.09 Å². The van der Waals surface area contributed by atoms with Gasteiger partial charge in [0.05, 0.1) is 32.5 Å². The second-order valence-electron chi connectivity index (χ2n) is 13.0. The molecule has 14 nitrogen and oxygen atoms in total. The number of nitrogens with zero attached hydrogens (tertiary/aromatic N) is 1. The first-order valence-corrected chi connectivity index (χ1v) is 18.3. The van der Waals surface area contributed by atoms with Gasteiger partial charge in [0.15, 0.2) is 11.5 Å². The maximum Gasteiger partial charge on any atom is 0.330 e. The molecule has 1 saturated carbocycles. The van der Waals surface area contributed by atoms with Crippen LogP contribution >= 0.6 is 0 Å². The third-order valence-electron chi connectivity index (χ3n) is 8.92. The smallest absolute Gasteiger partial charge is 0.330 e. The first-order valence-electron chi connectivity index (χ1n) is 18.3. The number of unbranched alkanes of at least 4 members (excludes halogenated alkanes) is 6. The number of methoxy groups -OCH3 is 1. The fourth-order valence-corrected chi connectivity index (χ4v) is 6.05. The third-order valence-corrected chi connectivity index (χ3v) is 8.92. The molecule has 4 atom stereocenters. The number of benzene rings is 1. The SMILES string of the molecule is CCCCCCCC(=O)CC[C@@H]1[C@@H](C/C=C\CCCC(=O)NCC(=O)Oc2ccc(/C=C/C(=O)OCCCCO[N+](=O)[O-])cc2OC)[C@@H](O)C[C@H]1O. The minimum atomic E-state index is -0.879. The van der Waals surface area contributed by atoms with Gasteiger partial charge in [-0.3, -0.25) is 9.59 Å². The highest BCUT2D eigenvalue weighted by Gasteiger charge is 2.40. The number of carbonyl (C=O) groups is 4. The summed E-state index contributed by atoms with van der Waals surface area (Å²) in [5.41, 5.74) is 0.572. The number of ketones is 1. The van der Waals surface area contributed by atoms with Crippen molar-refractivity contribution in [2.75, 3.05) is 26.9 Å². The van der Waals surface area contributed by atoms with E-state index < -0.39 is 29.2 Å². The molecule has 0 unspecified atom stereocenters. The van der Waals surface area contributed by atoms with Crippen LogP contribution in [0, 0.1) is 22.0 Å². The quantitative estimate of drug-likeness (QED) is 0.0197. The second kappa shape index (κ2) is 25.6. The van der Waals surface area contributed by atoms with Gasteiger partial charge in [-0.1, -0.05) is 50.8 Å². The van der Waals surface area contributed by atoms with Gasteiger partial charge in [0, 0.05) is 25.3 Å². The molecule has 1 aromatic carbocycles. The number of aliphatic hydroxyl groups excluding tert-OH is 2. The Hall–Kier alpha value is -4.30. The maximum absolute atomic E-state index is 12.4. The van der Waals surface area contributed by atoms with Gasteiger partial charge in [-0.15, -0.1) is 10.1 Å². The fourth-order valence-electron chi connectivity index (χ4n) is 6.05. The molecule has 1 aliphatic carbocycles. The minimum Gasteiger partial charge on any atom is -0.493 e. The Morgan fingerprint density at radius 2 is 1.67 bits per heavy atom. The van der Waals surface area contributed by atoms with Crippen LogP contribution in [-0.2, 0) is 28.8 Å². The summed E-state index contributed by atoms with van der Waals surface area (Å²) in [6.07, 6.45) is 15.5. The van der Waals surface area contributed by atoms with Gasteiger partial charge < -0.3 is 34.6 Å². The maximum atomic E-state index is 12.4. The van der Waals surface area contributed by atoms with Gasteiger partial charge in [0.1, 0.15) is 12.3 Å². The Balaban J connectivity index is 1.66. The lowest BCUT2D eigenvalue weighted by molar-refractivity contribution is -0.757. The van der Waals surface area contributed by atoms with E-state index in [0.717, 1.165) is 19.3 Å². The Bertz CT molecular complexity index is 1330. The average molecular weight is 733 g/mol. The van der Waals surface area contributed by atoms with E-state index in [1.807, 2.05) is 12.2 Å². The highest BCUT2D eigenvalue weighted by atomic mass is 16.9. The number of nitrogens with one attached hydrogen (secondary N) is 1. The summed E-state index contributed by atoms with van der Waals surface area (Å²) in [4.78, 5) is 63.3. The average Bonchev–Trinajstić information content (AvgIpc) is 3.39. The number of esters is 2. The van der Waals surface area contributed by atoms with Crippen LogP contribution in [0.1, 0.15) is 109 Å². The van der Waals surface area contributed by atoms with E-state index in [-0.39, 0.29) is 61.2 Å². The molecule has 3 N–H and O–H groups in total. The van der Waals surface area contributed by atoms with Gasteiger partial charge >= 0.3 is 11.9 Å². The predicted octanol–water partition coefficient (Wildman–Crippen LogP) is 5.45. The first-order chi connectivity index (χ1) is 25.0. The fraction of sp³-hybridized carbons (Fsp3) is 0.632. The van der Waals surface area contributed by atoms with E-state index in [0.29, 0.717) is 63.4 Å². The number of hydrogen-bond acceptors (Lipinski definition) is 12. The lowest BCUT2D eigenvalue weighted by Crippen LogP contribution is -2.31. The van der Waals surface area contributed by atoms with Gasteiger partial charge in [0.2, 0.25) is 5.91 Å². The molecule has 0 aromatic heterocycles. The molecular formula is C38H56N2O12. The zero-order valence-corrected chi connectivity index (χ0v) is 30.5. The molecule has 0 spiro atoms. The number of hydrogen-bond donors (Lipinski definition) is 3. The van der Waals surface area contributed by atoms with Gasteiger partial charge in [-0.05, 0) is 87.0 Å². The molecule has 0 heterocycles. The van der Waals surface area contributed by atoms with E-state index in [2.05, 4.69) is 17.1 Å². The summed E-state index contributed by atoms with van der Waals surface area (Å²) in [7, 11) is 1.39. The van der Waals surface area contributed by atoms with Crippen LogP contribution in [0.3, 0.4) is 0 Å². The molecule has 1 amide bonds. The number of amides is 1. The van der Waals surface area contributed by atoms with Gasteiger partial charge in [-0.2, -0.15) is 0 Å². The summed E-state index contributed by atoms with van der Waals surface area (Å²) >= 11 is 0. The van der Waals surface area contributed by atoms with Crippen LogP contribution in [0.25, 0.3) is 6.08 Å². The molecular weight excluding hydrogens is 676 g/mol.